The van der Waals surface area contributed by atoms with Crippen LogP contribution in [0, 0.1) is 5.82 Å². The van der Waals surface area contributed by atoms with E-state index in [9.17, 15) is 9.50 Å². The van der Waals surface area contributed by atoms with Crippen molar-refractivity contribution in [3.05, 3.63) is 68.4 Å². The number of aliphatic hydroxyl groups excluding tert-OH is 1. The van der Waals surface area contributed by atoms with Gasteiger partial charge >= 0.3 is 0 Å². The van der Waals surface area contributed by atoms with Gasteiger partial charge in [-0.3, -0.25) is 0 Å². The lowest BCUT2D eigenvalue weighted by molar-refractivity contribution is 0.173. The lowest BCUT2D eigenvalue weighted by atomic mass is 10.0. The van der Waals surface area contributed by atoms with Crippen molar-refractivity contribution >= 4 is 34.8 Å². The SMILES string of the molecule is OC(Cc1cccc(Cl)c1Cl)c1cc(Cl)ccc1F. The summed E-state index contributed by atoms with van der Waals surface area (Å²) in [5, 5.41) is 11.2. The molecule has 2 aromatic rings. The van der Waals surface area contributed by atoms with Crippen LogP contribution in [0.2, 0.25) is 15.1 Å². The van der Waals surface area contributed by atoms with Gasteiger partial charge in [0.2, 0.25) is 0 Å². The van der Waals surface area contributed by atoms with Crippen molar-refractivity contribution in [3.8, 4) is 0 Å². The quantitative estimate of drug-likeness (QED) is 0.838. The number of benzene rings is 2. The molecule has 0 heterocycles. The molecule has 19 heavy (non-hydrogen) atoms. The molecule has 0 amide bonds. The van der Waals surface area contributed by atoms with Crippen LogP contribution in [0.25, 0.3) is 0 Å². The molecule has 0 aliphatic rings. The van der Waals surface area contributed by atoms with E-state index in [4.69, 9.17) is 34.8 Å². The van der Waals surface area contributed by atoms with Crippen LogP contribution in [-0.2, 0) is 6.42 Å². The van der Waals surface area contributed by atoms with E-state index in [1.165, 1.54) is 18.2 Å². The maximum absolute atomic E-state index is 13.6. The molecular weight excluding hydrogens is 310 g/mol. The van der Waals surface area contributed by atoms with Crippen LogP contribution in [-0.4, -0.2) is 5.11 Å². The zero-order valence-electron chi connectivity index (χ0n) is 9.71. The number of hydrogen-bond acceptors (Lipinski definition) is 1. The van der Waals surface area contributed by atoms with E-state index in [2.05, 4.69) is 0 Å². The Balaban J connectivity index is 2.28. The standard InChI is InChI=1S/C14H10Cl3FO/c15-9-4-5-12(18)10(7-9)13(19)6-8-2-1-3-11(16)14(8)17/h1-5,7,13,19H,6H2. The minimum absolute atomic E-state index is 0.142. The molecule has 2 aromatic carbocycles. The number of hydrogen-bond donors (Lipinski definition) is 1. The summed E-state index contributed by atoms with van der Waals surface area (Å²) in [7, 11) is 0. The number of halogens is 4. The predicted molar refractivity (Wildman–Crippen MR) is 76.5 cm³/mol. The third-order valence-electron chi connectivity index (χ3n) is 2.76. The zero-order valence-corrected chi connectivity index (χ0v) is 12.0. The van der Waals surface area contributed by atoms with E-state index in [-0.39, 0.29) is 12.0 Å². The van der Waals surface area contributed by atoms with Gasteiger partial charge in [0.25, 0.3) is 0 Å². The van der Waals surface area contributed by atoms with Crippen molar-refractivity contribution in [3.63, 3.8) is 0 Å². The van der Waals surface area contributed by atoms with Crippen LogP contribution < -0.4 is 0 Å². The van der Waals surface area contributed by atoms with Gasteiger partial charge in [-0.1, -0.05) is 46.9 Å². The Kier molecular flexibility index (Phi) is 4.69. The molecule has 0 aliphatic heterocycles. The molecule has 1 atom stereocenters. The zero-order chi connectivity index (χ0) is 14.0. The molecule has 0 saturated heterocycles. The topological polar surface area (TPSA) is 20.2 Å². The summed E-state index contributed by atoms with van der Waals surface area (Å²) < 4.78 is 13.6. The second-order valence-corrected chi connectivity index (χ2v) is 5.32. The fourth-order valence-corrected chi connectivity index (χ4v) is 2.37. The monoisotopic (exact) mass is 318 g/mol. The summed E-state index contributed by atoms with van der Waals surface area (Å²) in [6.07, 6.45) is -0.869. The second kappa shape index (κ2) is 6.10. The first-order valence-corrected chi connectivity index (χ1v) is 6.68. The van der Waals surface area contributed by atoms with Gasteiger partial charge in [-0.2, -0.15) is 0 Å². The average molecular weight is 320 g/mol. The summed E-state index contributed by atoms with van der Waals surface area (Å²) in [6, 6.07) is 9.17. The number of rotatable bonds is 3. The number of aliphatic hydroxyl groups is 1. The Labute approximate surface area is 125 Å². The van der Waals surface area contributed by atoms with Crippen molar-refractivity contribution < 1.29 is 9.50 Å². The predicted octanol–water partition coefficient (Wildman–Crippen LogP) is 5.06. The molecule has 1 nitrogen and oxygen atoms in total. The minimum Gasteiger partial charge on any atom is -0.388 e. The van der Waals surface area contributed by atoms with Crippen LogP contribution in [0.1, 0.15) is 17.2 Å². The Morgan fingerprint density at radius 1 is 1.11 bits per heavy atom. The normalized spacial score (nSPS) is 12.5. The van der Waals surface area contributed by atoms with E-state index < -0.39 is 11.9 Å². The first kappa shape index (κ1) is 14.6. The van der Waals surface area contributed by atoms with Crippen LogP contribution in [0.3, 0.4) is 0 Å². The second-order valence-electron chi connectivity index (χ2n) is 4.10. The smallest absolute Gasteiger partial charge is 0.129 e. The van der Waals surface area contributed by atoms with Gasteiger partial charge in [0.1, 0.15) is 5.82 Å². The average Bonchev–Trinajstić information content (AvgIpc) is 2.38. The highest BCUT2D eigenvalue weighted by Crippen LogP contribution is 2.30. The molecule has 2 rings (SSSR count). The molecule has 1 N–H and O–H groups in total. The summed E-state index contributed by atoms with van der Waals surface area (Å²) in [5.74, 6) is -0.505. The van der Waals surface area contributed by atoms with Crippen LogP contribution >= 0.6 is 34.8 Å². The first-order valence-electron chi connectivity index (χ1n) is 5.55. The molecule has 0 aromatic heterocycles. The molecule has 0 bridgehead atoms. The van der Waals surface area contributed by atoms with Crippen LogP contribution in [0.15, 0.2) is 36.4 Å². The fourth-order valence-electron chi connectivity index (χ4n) is 1.79. The van der Waals surface area contributed by atoms with Crippen molar-refractivity contribution in [2.24, 2.45) is 0 Å². The molecule has 0 saturated carbocycles. The third kappa shape index (κ3) is 3.40. The molecule has 1 unspecified atom stereocenters. The summed E-state index contributed by atoms with van der Waals surface area (Å²) in [6.45, 7) is 0. The Bertz CT molecular complexity index is 601. The van der Waals surface area contributed by atoms with Crippen LogP contribution in [0.5, 0.6) is 0 Å². The molecule has 0 spiro atoms. The first-order chi connectivity index (χ1) is 8.99. The van der Waals surface area contributed by atoms with E-state index in [0.29, 0.717) is 20.6 Å². The summed E-state index contributed by atoms with van der Waals surface area (Å²) >= 11 is 17.7. The molecule has 5 heteroatoms. The van der Waals surface area contributed by atoms with E-state index >= 15 is 0 Å². The Morgan fingerprint density at radius 2 is 1.84 bits per heavy atom. The fraction of sp³-hybridized carbons (Fsp3) is 0.143. The van der Waals surface area contributed by atoms with Crippen molar-refractivity contribution in [1.29, 1.82) is 0 Å². The summed E-state index contributed by atoms with van der Waals surface area (Å²) in [5.41, 5.74) is 0.796. The highest BCUT2D eigenvalue weighted by atomic mass is 35.5. The highest BCUT2D eigenvalue weighted by molar-refractivity contribution is 6.42. The largest absolute Gasteiger partial charge is 0.388 e. The van der Waals surface area contributed by atoms with Crippen molar-refractivity contribution in [2.45, 2.75) is 12.5 Å². The maximum atomic E-state index is 13.6. The third-order valence-corrected chi connectivity index (χ3v) is 3.86. The Hall–Kier alpha value is -0.800. The van der Waals surface area contributed by atoms with Gasteiger partial charge in [-0.25, -0.2) is 4.39 Å². The van der Waals surface area contributed by atoms with Gasteiger partial charge < -0.3 is 5.11 Å². The van der Waals surface area contributed by atoms with E-state index in [1.54, 1.807) is 18.2 Å². The Morgan fingerprint density at radius 3 is 2.58 bits per heavy atom. The molecule has 0 fully saturated rings. The van der Waals surface area contributed by atoms with Gasteiger partial charge in [-0.05, 0) is 29.8 Å². The molecule has 0 radical (unpaired) electrons. The van der Waals surface area contributed by atoms with Gasteiger partial charge in [0.15, 0.2) is 0 Å². The summed E-state index contributed by atoms with van der Waals surface area (Å²) in [4.78, 5) is 0. The molecular formula is C14H10Cl3FO. The van der Waals surface area contributed by atoms with Crippen molar-refractivity contribution in [1.82, 2.24) is 0 Å². The van der Waals surface area contributed by atoms with Crippen molar-refractivity contribution in [2.75, 3.05) is 0 Å². The van der Waals surface area contributed by atoms with E-state index in [0.717, 1.165) is 0 Å². The minimum atomic E-state index is -1.03. The lowest BCUT2D eigenvalue weighted by Gasteiger charge is -2.14. The van der Waals surface area contributed by atoms with Gasteiger partial charge in [0, 0.05) is 17.0 Å². The lowest BCUT2D eigenvalue weighted by Crippen LogP contribution is -2.05. The molecule has 100 valence electrons. The van der Waals surface area contributed by atoms with Gasteiger partial charge in [0.05, 0.1) is 16.1 Å². The molecule has 0 aliphatic carbocycles. The van der Waals surface area contributed by atoms with Gasteiger partial charge in [-0.15, -0.1) is 0 Å². The van der Waals surface area contributed by atoms with E-state index in [1.807, 2.05) is 0 Å². The van der Waals surface area contributed by atoms with Crippen LogP contribution in [0.4, 0.5) is 4.39 Å². The maximum Gasteiger partial charge on any atom is 0.129 e. The highest BCUT2D eigenvalue weighted by Gasteiger charge is 2.16.